The quantitative estimate of drug-likeness (QED) is 0.276. The molecule has 1 atom stereocenters. The molecule has 0 amide bonds. The summed E-state index contributed by atoms with van der Waals surface area (Å²) >= 11 is 0. The van der Waals surface area contributed by atoms with Crippen LogP contribution in [0.3, 0.4) is 0 Å². The number of methoxy groups -OCH3 is 1. The van der Waals surface area contributed by atoms with E-state index in [-0.39, 0.29) is 44.6 Å². The van der Waals surface area contributed by atoms with E-state index in [0.29, 0.717) is 6.42 Å². The normalized spacial score (nSPS) is 11.8. The molecule has 29 heavy (non-hydrogen) atoms. The van der Waals surface area contributed by atoms with E-state index >= 15 is 0 Å². The molecule has 0 spiro atoms. The zero-order valence-corrected chi connectivity index (χ0v) is 20.5. The molecule has 2 nitrogen and oxygen atoms in total. The van der Waals surface area contributed by atoms with Crippen molar-refractivity contribution in [3.8, 4) is 0 Å². The van der Waals surface area contributed by atoms with E-state index in [1.54, 1.807) is 6.42 Å². The molecular formula is C25H26O2PY-. The van der Waals surface area contributed by atoms with Crippen molar-refractivity contribution < 1.29 is 42.2 Å². The number of benzene rings is 3. The number of hydrogen-bond acceptors (Lipinski definition) is 2. The summed E-state index contributed by atoms with van der Waals surface area (Å²) in [5, 5.41) is 3.93. The van der Waals surface area contributed by atoms with Crippen LogP contribution in [0.4, 0.5) is 0 Å². The van der Waals surface area contributed by atoms with E-state index in [1.807, 2.05) is 18.2 Å². The van der Waals surface area contributed by atoms with Crippen molar-refractivity contribution in [2.24, 2.45) is 5.92 Å². The van der Waals surface area contributed by atoms with E-state index in [0.717, 1.165) is 6.16 Å². The number of hydrogen-bond donors (Lipinski definition) is 0. The molecule has 0 aromatic heterocycles. The summed E-state index contributed by atoms with van der Waals surface area (Å²) in [5.41, 5.74) is 0. The Hall–Kier alpha value is -1.47. The van der Waals surface area contributed by atoms with E-state index in [9.17, 15) is 4.79 Å². The Balaban J connectivity index is 0.00000300. The fraction of sp³-hybridized carbons (Fsp3) is 0.160. The van der Waals surface area contributed by atoms with Crippen LogP contribution in [-0.2, 0) is 42.2 Å². The molecule has 147 valence electrons. The molecule has 1 unspecified atom stereocenters. The SMILES string of the molecule is [CH2-]CC([CH-]C(=O)OC)C[P+](c1ccccc1)(c1ccccc1)c1ccccc1.[Y]. The van der Waals surface area contributed by atoms with Crippen molar-refractivity contribution in [2.75, 3.05) is 13.3 Å². The van der Waals surface area contributed by atoms with Crippen LogP contribution >= 0.6 is 7.26 Å². The molecular weight excluding hydrogens is 452 g/mol. The molecule has 0 aliphatic heterocycles. The van der Waals surface area contributed by atoms with E-state index in [4.69, 9.17) is 4.74 Å². The summed E-state index contributed by atoms with van der Waals surface area (Å²) in [6, 6.07) is 32.0. The third-order valence-electron chi connectivity index (χ3n) is 5.04. The Morgan fingerprint density at radius 2 is 1.24 bits per heavy atom. The van der Waals surface area contributed by atoms with Gasteiger partial charge in [-0.25, -0.2) is 6.42 Å². The maximum absolute atomic E-state index is 12.0. The van der Waals surface area contributed by atoms with Crippen LogP contribution in [0.1, 0.15) is 6.42 Å². The maximum atomic E-state index is 12.0. The predicted molar refractivity (Wildman–Crippen MR) is 120 cm³/mol. The summed E-state index contributed by atoms with van der Waals surface area (Å²) in [5.74, 6) is -0.262. The van der Waals surface area contributed by atoms with Crippen molar-refractivity contribution in [3.63, 3.8) is 0 Å². The first-order chi connectivity index (χ1) is 13.7. The maximum Gasteiger partial charge on any atom is 0.166 e. The summed E-state index contributed by atoms with van der Waals surface area (Å²) in [4.78, 5) is 12.0. The van der Waals surface area contributed by atoms with Crippen LogP contribution in [-0.4, -0.2) is 19.2 Å². The Kier molecular flexibility index (Phi) is 9.57. The van der Waals surface area contributed by atoms with Gasteiger partial charge in [-0.15, -0.1) is 5.92 Å². The number of rotatable bonds is 8. The Morgan fingerprint density at radius 1 is 0.862 bits per heavy atom. The first-order valence-corrected chi connectivity index (χ1v) is 11.4. The zero-order chi connectivity index (χ0) is 19.8. The fourth-order valence-electron chi connectivity index (χ4n) is 3.65. The summed E-state index contributed by atoms with van der Waals surface area (Å²) < 4.78 is 4.90. The van der Waals surface area contributed by atoms with Crippen LogP contribution in [0.2, 0.25) is 0 Å². The fourth-order valence-corrected chi connectivity index (χ4v) is 8.21. The largest absolute Gasteiger partial charge is 0.491 e. The Morgan fingerprint density at radius 3 is 1.55 bits per heavy atom. The standard InChI is InChI=1S/C25H26O2P.Y/c1-3-21(19-25(26)27-2)20-28(22-13-7-4-8-14-22,23-15-9-5-10-16-23)24-17-11-6-12-18-24;/h4-19,21H,1,3,20H2,2H3;/q-1;. The first kappa shape index (κ1) is 23.8. The molecule has 1 radical (unpaired) electrons. The Bertz CT molecular complexity index is 772. The van der Waals surface area contributed by atoms with Crippen molar-refractivity contribution >= 4 is 29.1 Å². The van der Waals surface area contributed by atoms with Crippen molar-refractivity contribution in [2.45, 2.75) is 6.42 Å². The first-order valence-electron chi connectivity index (χ1n) is 9.47. The minimum atomic E-state index is -1.97. The second-order valence-corrected chi connectivity index (χ2v) is 10.3. The molecule has 0 saturated heterocycles. The molecule has 3 aromatic carbocycles. The van der Waals surface area contributed by atoms with Crippen LogP contribution in [0.15, 0.2) is 91.0 Å². The molecule has 4 heteroatoms. The van der Waals surface area contributed by atoms with Gasteiger partial charge in [-0.3, -0.25) is 11.2 Å². The molecule has 0 saturated carbocycles. The van der Waals surface area contributed by atoms with Gasteiger partial charge in [0.1, 0.15) is 23.2 Å². The third-order valence-corrected chi connectivity index (χ3v) is 9.60. The second kappa shape index (κ2) is 11.7. The topological polar surface area (TPSA) is 26.3 Å². The van der Waals surface area contributed by atoms with Gasteiger partial charge in [-0.05, 0) is 36.4 Å². The molecule has 3 rings (SSSR count). The molecule has 0 heterocycles. The third kappa shape index (κ3) is 5.57. The van der Waals surface area contributed by atoms with Crippen LogP contribution < -0.4 is 15.9 Å². The van der Waals surface area contributed by atoms with Crippen LogP contribution in [0, 0.1) is 19.3 Å². The molecule has 0 aliphatic rings. The average Bonchev–Trinajstić information content (AvgIpc) is 2.78. The van der Waals surface area contributed by atoms with Gasteiger partial charge in [0.15, 0.2) is 5.97 Å². The van der Waals surface area contributed by atoms with Gasteiger partial charge in [0.2, 0.25) is 0 Å². The molecule has 0 aliphatic carbocycles. The molecule has 0 fully saturated rings. The van der Waals surface area contributed by atoms with Crippen molar-refractivity contribution in [1.29, 1.82) is 0 Å². The molecule has 3 aromatic rings. The summed E-state index contributed by atoms with van der Waals surface area (Å²) in [7, 11) is -0.548. The summed E-state index contributed by atoms with van der Waals surface area (Å²) in [6.45, 7) is 4.12. The van der Waals surface area contributed by atoms with Crippen LogP contribution in [0.5, 0.6) is 0 Å². The van der Waals surface area contributed by atoms with Gasteiger partial charge in [-0.2, -0.15) is 0 Å². The number of carbonyl (C=O) groups excluding carboxylic acids is 1. The van der Waals surface area contributed by atoms with Crippen molar-refractivity contribution in [1.82, 2.24) is 0 Å². The minimum absolute atomic E-state index is 0. The van der Waals surface area contributed by atoms with E-state index < -0.39 is 7.26 Å². The molecule has 0 N–H and O–H groups in total. The zero-order valence-electron chi connectivity index (χ0n) is 16.8. The monoisotopic (exact) mass is 478 g/mol. The van der Waals surface area contributed by atoms with Gasteiger partial charge in [0.25, 0.3) is 0 Å². The molecule has 0 bridgehead atoms. The van der Waals surface area contributed by atoms with Gasteiger partial charge in [0, 0.05) is 38.9 Å². The van der Waals surface area contributed by atoms with E-state index in [1.165, 1.54) is 23.0 Å². The summed E-state index contributed by atoms with van der Waals surface area (Å²) in [6.07, 6.45) is 3.17. The second-order valence-electron chi connectivity index (χ2n) is 6.74. The predicted octanol–water partition coefficient (Wildman–Crippen LogP) is 4.20. The van der Waals surface area contributed by atoms with Gasteiger partial charge in [0.05, 0.1) is 7.11 Å². The Labute approximate surface area is 200 Å². The smallest absolute Gasteiger partial charge is 0.166 e. The van der Waals surface area contributed by atoms with Gasteiger partial charge >= 0.3 is 0 Å². The number of ether oxygens (including phenoxy) is 1. The van der Waals surface area contributed by atoms with Gasteiger partial charge in [-0.1, -0.05) is 54.6 Å². The minimum Gasteiger partial charge on any atom is -0.491 e. The average molecular weight is 478 g/mol. The van der Waals surface area contributed by atoms with Crippen LogP contribution in [0.25, 0.3) is 0 Å². The number of carbonyl (C=O) groups is 1. The van der Waals surface area contributed by atoms with E-state index in [2.05, 4.69) is 79.7 Å². The number of esters is 1. The van der Waals surface area contributed by atoms with Crippen molar-refractivity contribution in [3.05, 3.63) is 104 Å². The van der Waals surface area contributed by atoms with Gasteiger partial charge < -0.3 is 11.7 Å².